The minimum atomic E-state index is -4.31. The number of nitrogens with zero attached hydrogens (tertiary/aromatic N) is 3. The number of pyridine rings is 1. The van der Waals surface area contributed by atoms with Gasteiger partial charge in [0.25, 0.3) is 0 Å². The Morgan fingerprint density at radius 3 is 2.31 bits per heavy atom. The number of amides is 1. The smallest absolute Gasteiger partial charge is 0.363 e. The average Bonchev–Trinajstić information content (AvgIpc) is 3.39. The molecular formula is C25H26F6N4O3S. The predicted octanol–water partition coefficient (Wildman–Crippen LogP) is 4.09. The summed E-state index contributed by atoms with van der Waals surface area (Å²) in [6, 6.07) is 3.00. The van der Waals surface area contributed by atoms with Crippen LogP contribution in [0.4, 0.5) is 32.0 Å². The number of hydrogen-bond donors (Lipinski definition) is 1. The van der Waals surface area contributed by atoms with Crippen molar-refractivity contribution in [2.45, 2.75) is 74.0 Å². The molecule has 3 saturated heterocycles. The van der Waals surface area contributed by atoms with Crippen molar-refractivity contribution in [2.75, 3.05) is 11.4 Å². The molecule has 3 fully saturated rings. The summed E-state index contributed by atoms with van der Waals surface area (Å²) < 4.78 is 109. The number of carbonyl (C=O) groups excluding carboxylic acids is 1. The number of nitrogens with one attached hydrogen (secondary N) is 1. The second-order valence-corrected chi connectivity index (χ2v) is 12.1. The molecule has 1 aromatic heterocycles. The summed E-state index contributed by atoms with van der Waals surface area (Å²) in [7, 11) is -4.30. The molecule has 1 N–H and O–H groups in total. The van der Waals surface area contributed by atoms with Crippen molar-refractivity contribution in [3.63, 3.8) is 0 Å². The Morgan fingerprint density at radius 1 is 1.05 bits per heavy atom. The van der Waals surface area contributed by atoms with Crippen LogP contribution in [0.15, 0.2) is 41.4 Å². The molecule has 14 heteroatoms. The molecule has 39 heavy (non-hydrogen) atoms. The van der Waals surface area contributed by atoms with Crippen molar-refractivity contribution in [3.8, 4) is 0 Å². The first-order valence-corrected chi connectivity index (χ1v) is 14.0. The van der Waals surface area contributed by atoms with Crippen LogP contribution in [0.25, 0.3) is 0 Å². The van der Waals surface area contributed by atoms with Gasteiger partial charge in [0.05, 0.1) is 34.9 Å². The number of piperidine rings is 1. The minimum absolute atomic E-state index is 0.104. The number of sulfonamides is 1. The molecule has 5 rings (SSSR count). The number of rotatable bonds is 6. The van der Waals surface area contributed by atoms with Crippen LogP contribution in [-0.2, 0) is 21.4 Å². The van der Waals surface area contributed by atoms with Crippen LogP contribution in [0.3, 0.4) is 0 Å². The maximum atomic E-state index is 14.8. The summed E-state index contributed by atoms with van der Waals surface area (Å²) in [5, 5.41) is 2.51. The van der Waals surface area contributed by atoms with Crippen LogP contribution < -0.4 is 10.2 Å². The van der Waals surface area contributed by atoms with E-state index in [4.69, 9.17) is 0 Å². The number of anilines is 1. The Morgan fingerprint density at radius 2 is 1.69 bits per heavy atom. The Hall–Kier alpha value is -2.87. The summed E-state index contributed by atoms with van der Waals surface area (Å²) in [4.78, 5) is 18.3. The lowest BCUT2D eigenvalue weighted by Gasteiger charge is -2.41. The number of aromatic nitrogens is 1. The topological polar surface area (TPSA) is 82.6 Å². The molecule has 0 spiro atoms. The van der Waals surface area contributed by atoms with Gasteiger partial charge in [-0.2, -0.15) is 17.5 Å². The number of benzene rings is 1. The SMILES string of the molecule is O=C(NCc1cc(N2C3CCC2CC(C(F)(F)F)C3)c(F)cn1)C1CC(F)CN1S(=O)(=O)c1ccc(F)cc1. The third kappa shape index (κ3) is 5.45. The summed E-state index contributed by atoms with van der Waals surface area (Å²) in [6.45, 7) is -0.786. The largest absolute Gasteiger partial charge is 0.391 e. The van der Waals surface area contributed by atoms with Crippen molar-refractivity contribution >= 4 is 21.6 Å². The van der Waals surface area contributed by atoms with Crippen LogP contribution in [0, 0.1) is 17.6 Å². The van der Waals surface area contributed by atoms with E-state index in [0.717, 1.165) is 34.8 Å². The fourth-order valence-electron chi connectivity index (χ4n) is 5.90. The zero-order valence-electron chi connectivity index (χ0n) is 20.5. The highest BCUT2D eigenvalue weighted by Gasteiger charge is 2.51. The monoisotopic (exact) mass is 576 g/mol. The molecule has 3 aliphatic heterocycles. The second kappa shape index (κ2) is 10.3. The zero-order chi connectivity index (χ0) is 28.1. The summed E-state index contributed by atoms with van der Waals surface area (Å²) in [5.41, 5.74) is 0.312. The van der Waals surface area contributed by atoms with Gasteiger partial charge in [-0.25, -0.2) is 21.6 Å². The van der Waals surface area contributed by atoms with E-state index in [2.05, 4.69) is 10.3 Å². The standard InChI is InChI=1S/C25H26F6N4O3S/c26-15-1-5-20(6-2-15)39(37,38)34-13-16(27)9-23(34)24(36)33-11-17-10-22(21(28)12-32-17)35-18-3-4-19(35)8-14(7-18)25(29,30)31/h1-2,5-6,10,12,14,16,18-19,23H,3-4,7-9,11,13H2,(H,33,36). The van der Waals surface area contributed by atoms with Gasteiger partial charge in [0.1, 0.15) is 18.0 Å². The lowest BCUT2D eigenvalue weighted by Crippen LogP contribution is -2.47. The molecule has 7 nitrogen and oxygen atoms in total. The maximum absolute atomic E-state index is 14.8. The van der Waals surface area contributed by atoms with Crippen molar-refractivity contribution in [3.05, 3.63) is 53.9 Å². The van der Waals surface area contributed by atoms with Crippen LogP contribution in [-0.4, -0.2) is 60.6 Å². The van der Waals surface area contributed by atoms with E-state index < -0.39 is 70.5 Å². The summed E-state index contributed by atoms with van der Waals surface area (Å²) >= 11 is 0. The quantitative estimate of drug-likeness (QED) is 0.524. The van der Waals surface area contributed by atoms with Crippen LogP contribution in [0.2, 0.25) is 0 Å². The number of alkyl halides is 4. The average molecular weight is 577 g/mol. The second-order valence-electron chi connectivity index (χ2n) is 10.2. The first-order chi connectivity index (χ1) is 18.3. The lowest BCUT2D eigenvalue weighted by atomic mass is 9.89. The van der Waals surface area contributed by atoms with Crippen molar-refractivity contribution < 1.29 is 39.6 Å². The van der Waals surface area contributed by atoms with E-state index in [1.807, 2.05) is 0 Å². The molecule has 0 saturated carbocycles. The number of hydrogen-bond acceptors (Lipinski definition) is 5. The highest BCUT2D eigenvalue weighted by molar-refractivity contribution is 7.89. The van der Waals surface area contributed by atoms with Gasteiger partial charge in [-0.1, -0.05) is 0 Å². The molecular weight excluding hydrogens is 550 g/mol. The van der Waals surface area contributed by atoms with Crippen LogP contribution >= 0.6 is 0 Å². The Bertz CT molecular complexity index is 1330. The van der Waals surface area contributed by atoms with Crippen molar-refractivity contribution in [1.82, 2.24) is 14.6 Å². The Balaban J connectivity index is 1.29. The molecule has 1 amide bonds. The third-order valence-corrected chi connectivity index (χ3v) is 9.63. The molecule has 4 unspecified atom stereocenters. The molecule has 4 atom stereocenters. The van der Waals surface area contributed by atoms with Gasteiger partial charge in [0, 0.05) is 25.0 Å². The van der Waals surface area contributed by atoms with Gasteiger partial charge in [-0.15, -0.1) is 0 Å². The molecule has 2 bridgehead atoms. The van der Waals surface area contributed by atoms with Gasteiger partial charge in [-0.3, -0.25) is 9.78 Å². The molecule has 0 aliphatic carbocycles. The summed E-state index contributed by atoms with van der Waals surface area (Å²) in [5.74, 6) is -3.58. The lowest BCUT2D eigenvalue weighted by molar-refractivity contribution is -0.182. The van der Waals surface area contributed by atoms with Gasteiger partial charge >= 0.3 is 6.18 Å². The minimum Gasteiger partial charge on any atom is -0.363 e. The molecule has 212 valence electrons. The zero-order valence-corrected chi connectivity index (χ0v) is 21.4. The molecule has 3 aliphatic rings. The first-order valence-electron chi connectivity index (χ1n) is 12.5. The third-order valence-electron chi connectivity index (χ3n) is 7.74. The predicted molar refractivity (Wildman–Crippen MR) is 128 cm³/mol. The van der Waals surface area contributed by atoms with Gasteiger partial charge in [0.15, 0.2) is 5.82 Å². The fraction of sp³-hybridized carbons (Fsp3) is 0.520. The molecule has 0 radical (unpaired) electrons. The number of halogens is 6. The number of fused-ring (bicyclic) bond motifs is 2. The molecule has 2 aromatic rings. The van der Waals surface area contributed by atoms with Crippen molar-refractivity contribution in [2.24, 2.45) is 5.92 Å². The first kappa shape index (κ1) is 27.7. The molecule has 1 aromatic carbocycles. The highest BCUT2D eigenvalue weighted by atomic mass is 32.2. The van der Waals surface area contributed by atoms with E-state index in [0.29, 0.717) is 12.8 Å². The van der Waals surface area contributed by atoms with Gasteiger partial charge < -0.3 is 10.2 Å². The van der Waals surface area contributed by atoms with E-state index >= 15 is 0 Å². The van der Waals surface area contributed by atoms with E-state index in [-0.39, 0.29) is 42.1 Å². The maximum Gasteiger partial charge on any atom is 0.391 e. The summed E-state index contributed by atoms with van der Waals surface area (Å²) in [6.07, 6.45) is -4.59. The van der Waals surface area contributed by atoms with E-state index in [9.17, 15) is 39.6 Å². The van der Waals surface area contributed by atoms with Gasteiger partial charge in [0.2, 0.25) is 15.9 Å². The normalized spacial score (nSPS) is 27.6. The van der Waals surface area contributed by atoms with Crippen molar-refractivity contribution in [1.29, 1.82) is 0 Å². The number of carbonyl (C=O) groups is 1. The van der Waals surface area contributed by atoms with Crippen LogP contribution in [0.5, 0.6) is 0 Å². The highest BCUT2D eigenvalue weighted by Crippen LogP contribution is 2.47. The fourth-order valence-corrected chi connectivity index (χ4v) is 7.53. The van der Waals surface area contributed by atoms with Gasteiger partial charge in [-0.05, 0) is 56.0 Å². The van der Waals surface area contributed by atoms with Crippen LogP contribution in [0.1, 0.15) is 37.8 Å². The molecule has 4 heterocycles. The van der Waals surface area contributed by atoms with E-state index in [1.165, 1.54) is 6.07 Å². The Labute approximate surface area is 221 Å². The van der Waals surface area contributed by atoms with E-state index in [1.54, 1.807) is 4.90 Å². The Kier molecular flexibility index (Phi) is 7.29.